The Balaban J connectivity index is 1.99. The van der Waals surface area contributed by atoms with Crippen LogP contribution in [-0.4, -0.2) is 15.8 Å². The second-order valence-electron chi connectivity index (χ2n) is 5.06. The number of nitrogens with one attached hydrogen (secondary N) is 1. The Labute approximate surface area is 128 Å². The Morgan fingerprint density at radius 2 is 2.15 bits per heavy atom. The van der Waals surface area contributed by atoms with Crippen LogP contribution in [0.2, 0.25) is 0 Å². The van der Waals surface area contributed by atoms with Gasteiger partial charge in [0.05, 0.1) is 5.69 Å². The summed E-state index contributed by atoms with van der Waals surface area (Å²) in [6.45, 7) is 5.57. The molecule has 0 saturated heterocycles. The minimum Gasteiger partial charge on any atom is -0.487 e. The lowest BCUT2D eigenvalue weighted by Gasteiger charge is -2.12. The monoisotopic (exact) mass is 337 g/mol. The van der Waals surface area contributed by atoms with E-state index in [2.05, 4.69) is 46.3 Å². The van der Waals surface area contributed by atoms with E-state index in [0.29, 0.717) is 12.6 Å². The number of hydrogen-bond acceptors (Lipinski definition) is 3. The van der Waals surface area contributed by atoms with Gasteiger partial charge < -0.3 is 10.1 Å². The molecular formula is C15H20BrN3O. The Morgan fingerprint density at radius 3 is 2.80 bits per heavy atom. The van der Waals surface area contributed by atoms with Crippen molar-refractivity contribution in [2.45, 2.75) is 33.0 Å². The molecule has 20 heavy (non-hydrogen) atoms. The number of benzene rings is 1. The van der Waals surface area contributed by atoms with Gasteiger partial charge in [-0.3, -0.25) is 4.68 Å². The number of ether oxygens (including phenoxy) is 1. The van der Waals surface area contributed by atoms with Crippen molar-refractivity contribution in [3.8, 4) is 5.75 Å². The van der Waals surface area contributed by atoms with Gasteiger partial charge in [-0.1, -0.05) is 29.8 Å². The highest BCUT2D eigenvalue weighted by molar-refractivity contribution is 9.10. The summed E-state index contributed by atoms with van der Waals surface area (Å²) in [5.74, 6) is 0.861. The first-order chi connectivity index (χ1) is 9.54. The molecule has 0 fully saturated rings. The molecule has 2 rings (SSSR count). The smallest absolute Gasteiger partial charge is 0.132 e. The Morgan fingerprint density at radius 1 is 1.35 bits per heavy atom. The molecule has 0 aliphatic heterocycles. The van der Waals surface area contributed by atoms with E-state index in [1.54, 1.807) is 4.68 Å². The summed E-state index contributed by atoms with van der Waals surface area (Å²) in [6, 6.07) is 8.46. The van der Waals surface area contributed by atoms with Crippen molar-refractivity contribution in [3.63, 3.8) is 0 Å². The molecule has 1 N–H and O–H groups in total. The molecule has 1 heterocycles. The summed E-state index contributed by atoms with van der Waals surface area (Å²) in [5.41, 5.74) is 2.12. The molecule has 108 valence electrons. The molecule has 0 spiro atoms. The third-order valence-corrected chi connectivity index (χ3v) is 3.65. The Hall–Kier alpha value is -1.33. The highest BCUT2D eigenvalue weighted by Gasteiger charge is 2.05. The van der Waals surface area contributed by atoms with Crippen molar-refractivity contribution < 1.29 is 4.74 Å². The highest BCUT2D eigenvalue weighted by atomic mass is 79.9. The largest absolute Gasteiger partial charge is 0.487 e. The van der Waals surface area contributed by atoms with Crippen LogP contribution in [0.3, 0.4) is 0 Å². The molecule has 0 radical (unpaired) electrons. The van der Waals surface area contributed by atoms with Gasteiger partial charge in [-0.05, 0) is 29.8 Å². The van der Waals surface area contributed by atoms with Crippen molar-refractivity contribution in [2.24, 2.45) is 7.05 Å². The summed E-state index contributed by atoms with van der Waals surface area (Å²) in [7, 11) is 1.90. The predicted molar refractivity (Wildman–Crippen MR) is 83.7 cm³/mol. The molecule has 5 heteroatoms. The lowest BCUT2D eigenvalue weighted by atomic mass is 10.2. The first-order valence-corrected chi connectivity index (χ1v) is 7.47. The Kier molecular flexibility index (Phi) is 5.20. The number of hydrogen-bond donors (Lipinski definition) is 1. The fraction of sp³-hybridized carbons (Fsp3) is 0.400. The van der Waals surface area contributed by atoms with Crippen LogP contribution in [0.25, 0.3) is 0 Å². The molecule has 1 aromatic heterocycles. The summed E-state index contributed by atoms with van der Waals surface area (Å²) in [6.07, 6.45) is 1.91. The topological polar surface area (TPSA) is 39.1 Å². The molecule has 0 aliphatic carbocycles. The lowest BCUT2D eigenvalue weighted by Crippen LogP contribution is -2.22. The van der Waals surface area contributed by atoms with Gasteiger partial charge in [0.2, 0.25) is 0 Å². The van der Waals surface area contributed by atoms with Gasteiger partial charge in [-0.2, -0.15) is 5.10 Å². The number of aromatic nitrogens is 2. The van der Waals surface area contributed by atoms with Gasteiger partial charge in [0, 0.05) is 30.3 Å². The van der Waals surface area contributed by atoms with E-state index in [-0.39, 0.29) is 0 Å². The molecule has 4 nitrogen and oxygen atoms in total. The van der Waals surface area contributed by atoms with E-state index in [9.17, 15) is 0 Å². The van der Waals surface area contributed by atoms with E-state index in [0.717, 1.165) is 22.5 Å². The maximum atomic E-state index is 5.78. The third-order valence-electron chi connectivity index (χ3n) is 2.87. The predicted octanol–water partition coefficient (Wildman–Crippen LogP) is 3.26. The second-order valence-corrected chi connectivity index (χ2v) is 5.91. The second kappa shape index (κ2) is 6.90. The van der Waals surface area contributed by atoms with Crippen molar-refractivity contribution >= 4 is 15.9 Å². The maximum absolute atomic E-state index is 5.78. The molecule has 0 aliphatic rings. The molecule has 0 amide bonds. The standard InChI is InChI=1S/C15H20BrN3O/c1-11(2)17-9-12-8-14(4-5-15(12)16)20-10-13-6-7-19(3)18-13/h4-8,11,17H,9-10H2,1-3H3. The maximum Gasteiger partial charge on any atom is 0.132 e. The fourth-order valence-electron chi connectivity index (χ4n) is 1.79. The minimum atomic E-state index is 0.458. The molecule has 2 aromatic rings. The summed E-state index contributed by atoms with van der Waals surface area (Å²) < 4.78 is 8.65. The van der Waals surface area contributed by atoms with Gasteiger partial charge >= 0.3 is 0 Å². The zero-order chi connectivity index (χ0) is 14.5. The van der Waals surface area contributed by atoms with E-state index >= 15 is 0 Å². The quantitative estimate of drug-likeness (QED) is 0.879. The SMILES string of the molecule is CC(C)NCc1cc(OCc2ccn(C)n2)ccc1Br. The fourth-order valence-corrected chi connectivity index (χ4v) is 2.17. The zero-order valence-corrected chi connectivity index (χ0v) is 13.6. The minimum absolute atomic E-state index is 0.458. The van der Waals surface area contributed by atoms with Gasteiger partial charge in [0.1, 0.15) is 12.4 Å². The van der Waals surface area contributed by atoms with Crippen LogP contribution in [0.5, 0.6) is 5.75 Å². The molecule has 0 bridgehead atoms. The summed E-state index contributed by atoms with van der Waals surface area (Å²) in [4.78, 5) is 0. The van der Waals surface area contributed by atoms with Gasteiger partial charge in [0.15, 0.2) is 0 Å². The normalized spacial score (nSPS) is 11.1. The average Bonchev–Trinajstić information content (AvgIpc) is 2.82. The number of nitrogens with zero attached hydrogens (tertiary/aromatic N) is 2. The van der Waals surface area contributed by atoms with Crippen LogP contribution in [0, 0.1) is 0 Å². The van der Waals surface area contributed by atoms with Crippen molar-refractivity contribution in [1.82, 2.24) is 15.1 Å². The zero-order valence-electron chi connectivity index (χ0n) is 12.1. The van der Waals surface area contributed by atoms with Crippen LogP contribution in [0.1, 0.15) is 25.1 Å². The Bertz CT molecular complexity index is 566. The van der Waals surface area contributed by atoms with Crippen LogP contribution in [0.4, 0.5) is 0 Å². The van der Waals surface area contributed by atoms with Crippen LogP contribution in [-0.2, 0) is 20.2 Å². The van der Waals surface area contributed by atoms with Crippen LogP contribution >= 0.6 is 15.9 Å². The molecule has 0 saturated carbocycles. The average molecular weight is 338 g/mol. The van der Waals surface area contributed by atoms with E-state index in [1.165, 1.54) is 5.56 Å². The van der Waals surface area contributed by atoms with Gasteiger partial charge in [-0.25, -0.2) is 0 Å². The molecule has 1 aromatic carbocycles. The van der Waals surface area contributed by atoms with Crippen molar-refractivity contribution in [2.75, 3.05) is 0 Å². The van der Waals surface area contributed by atoms with Crippen molar-refractivity contribution in [3.05, 3.63) is 46.2 Å². The summed E-state index contributed by atoms with van der Waals surface area (Å²) >= 11 is 3.57. The third kappa shape index (κ3) is 4.35. The van der Waals surface area contributed by atoms with E-state index in [4.69, 9.17) is 4.74 Å². The lowest BCUT2D eigenvalue weighted by molar-refractivity contribution is 0.299. The number of rotatable bonds is 6. The molecule has 0 unspecified atom stereocenters. The first-order valence-electron chi connectivity index (χ1n) is 6.67. The first kappa shape index (κ1) is 15.1. The highest BCUT2D eigenvalue weighted by Crippen LogP contribution is 2.23. The summed E-state index contributed by atoms with van der Waals surface area (Å²) in [5, 5.41) is 7.70. The van der Waals surface area contributed by atoms with Crippen LogP contribution < -0.4 is 10.1 Å². The number of halogens is 1. The van der Waals surface area contributed by atoms with Crippen molar-refractivity contribution in [1.29, 1.82) is 0 Å². The van der Waals surface area contributed by atoms with Gasteiger partial charge in [0.25, 0.3) is 0 Å². The molecule has 0 atom stereocenters. The molecular weight excluding hydrogens is 318 g/mol. The van der Waals surface area contributed by atoms with E-state index < -0.39 is 0 Å². The van der Waals surface area contributed by atoms with Crippen LogP contribution in [0.15, 0.2) is 34.9 Å². The van der Waals surface area contributed by atoms with Gasteiger partial charge in [-0.15, -0.1) is 0 Å². The number of aryl methyl sites for hydroxylation is 1. The van der Waals surface area contributed by atoms with E-state index in [1.807, 2.05) is 31.4 Å².